The molecule has 0 saturated heterocycles. The van der Waals surface area contributed by atoms with Crippen molar-refractivity contribution in [2.45, 2.75) is 52.9 Å². The summed E-state index contributed by atoms with van der Waals surface area (Å²) in [7, 11) is 1.60. The quantitative estimate of drug-likeness (QED) is 0.658. The van der Waals surface area contributed by atoms with Crippen molar-refractivity contribution in [2.24, 2.45) is 75.4 Å². The molecule has 146 valence electrons. The largest absolute Gasteiger partial charge is 0.469 e. The fraction of sp³-hybridized carbons (Fsp3) is 0.917. The molecular formula is C24H32O3. The van der Waals surface area contributed by atoms with E-state index in [4.69, 9.17) is 4.74 Å². The predicted octanol–water partition coefficient (Wildman–Crippen LogP) is 3.96. The minimum absolute atomic E-state index is 0.0693. The fourth-order valence-electron chi connectivity index (χ4n) is 12.2. The average Bonchev–Trinajstić information content (AvgIpc) is 3.42. The van der Waals surface area contributed by atoms with Crippen LogP contribution in [-0.2, 0) is 14.3 Å². The zero-order valence-corrected chi connectivity index (χ0v) is 17.0. The second-order valence-electron chi connectivity index (χ2n) is 12.0. The number of ketones is 1. The number of ether oxygens (including phenoxy) is 1. The second-order valence-corrected chi connectivity index (χ2v) is 12.0. The van der Waals surface area contributed by atoms with Gasteiger partial charge in [0.15, 0.2) is 0 Å². The fourth-order valence-corrected chi connectivity index (χ4v) is 12.2. The van der Waals surface area contributed by atoms with Crippen molar-refractivity contribution in [3.63, 3.8) is 0 Å². The van der Waals surface area contributed by atoms with Gasteiger partial charge in [-0.2, -0.15) is 0 Å². The zero-order valence-electron chi connectivity index (χ0n) is 17.0. The third kappa shape index (κ3) is 1.22. The van der Waals surface area contributed by atoms with E-state index in [1.54, 1.807) is 7.11 Å². The molecule has 7 fully saturated rings. The van der Waals surface area contributed by atoms with Crippen molar-refractivity contribution in [1.82, 2.24) is 0 Å². The van der Waals surface area contributed by atoms with Gasteiger partial charge in [0.1, 0.15) is 5.78 Å². The predicted molar refractivity (Wildman–Crippen MR) is 99.3 cm³/mol. The van der Waals surface area contributed by atoms with Crippen LogP contribution in [0, 0.1) is 75.4 Å². The number of carbonyl (C=O) groups excluding carboxylic acids is 2. The minimum atomic E-state index is -0.309. The lowest BCUT2D eigenvalue weighted by Gasteiger charge is -2.39. The lowest BCUT2D eigenvalue weighted by atomic mass is 9.64. The molecular weight excluding hydrogens is 336 g/mol. The molecule has 0 aromatic rings. The van der Waals surface area contributed by atoms with Crippen LogP contribution in [0.5, 0.6) is 0 Å². The topological polar surface area (TPSA) is 43.4 Å². The first-order chi connectivity index (χ1) is 12.8. The van der Waals surface area contributed by atoms with E-state index in [9.17, 15) is 9.59 Å². The Balaban J connectivity index is 1.52. The number of fused-ring (bicyclic) bond motifs is 5. The summed E-state index contributed by atoms with van der Waals surface area (Å²) in [6.45, 7) is 6.98. The summed E-state index contributed by atoms with van der Waals surface area (Å²) < 4.78 is 5.50. The van der Waals surface area contributed by atoms with E-state index < -0.39 is 0 Å². The Morgan fingerprint density at radius 2 is 1.52 bits per heavy atom. The molecule has 3 nitrogen and oxygen atoms in total. The van der Waals surface area contributed by atoms with Gasteiger partial charge in [-0.25, -0.2) is 0 Å². The Morgan fingerprint density at radius 3 is 2.22 bits per heavy atom. The molecule has 11 unspecified atom stereocenters. The number of rotatable bonds is 1. The maximum atomic E-state index is 14.0. The highest BCUT2D eigenvalue weighted by Crippen LogP contribution is 2.89. The summed E-state index contributed by atoms with van der Waals surface area (Å²) in [5.74, 6) is 6.44. The zero-order chi connectivity index (χ0) is 18.7. The summed E-state index contributed by atoms with van der Waals surface area (Å²) >= 11 is 0. The molecule has 13 atom stereocenters. The molecule has 0 aromatic heterocycles. The first-order valence-corrected chi connectivity index (χ1v) is 11.5. The summed E-state index contributed by atoms with van der Waals surface area (Å²) in [6.07, 6.45) is 6.07. The van der Waals surface area contributed by atoms with Crippen LogP contribution in [0.1, 0.15) is 52.9 Å². The minimum Gasteiger partial charge on any atom is -0.469 e. The molecule has 7 aliphatic rings. The number of hydrogen-bond donors (Lipinski definition) is 0. The molecule has 3 heteroatoms. The van der Waals surface area contributed by atoms with Crippen LogP contribution >= 0.6 is 0 Å². The van der Waals surface area contributed by atoms with Crippen LogP contribution in [-0.4, -0.2) is 18.9 Å². The van der Waals surface area contributed by atoms with Crippen LogP contribution in [0.4, 0.5) is 0 Å². The average molecular weight is 369 g/mol. The normalized spacial score (nSPS) is 68.7. The third-order valence-corrected chi connectivity index (χ3v) is 12.1. The number of Topliss-reactive ketones (excluding diaryl/α,β-unsaturated/α-hetero) is 1. The van der Waals surface area contributed by atoms with Crippen LogP contribution in [0.2, 0.25) is 0 Å². The standard InChI is InChI=1S/C24H32O3/c1-22-9-8-12-17-14-13-15(23(2,20(22)25)19(14)18(12)22)10-6-5-7-11(10)16(13)24(17,3)21(26)27-4/h10-19H,5-9H2,1-4H3/t10?,11?,12?,13?,14?,15?,16?,17?,18?,19?,22-,23?,24-/m1/s1. The summed E-state index contributed by atoms with van der Waals surface area (Å²) in [5.41, 5.74) is -0.513. The Kier molecular flexibility index (Phi) is 2.48. The van der Waals surface area contributed by atoms with Crippen LogP contribution in [0.3, 0.4) is 0 Å². The van der Waals surface area contributed by atoms with E-state index in [1.165, 1.54) is 19.3 Å². The van der Waals surface area contributed by atoms with Gasteiger partial charge in [0.2, 0.25) is 0 Å². The first-order valence-electron chi connectivity index (χ1n) is 11.5. The summed E-state index contributed by atoms with van der Waals surface area (Å²) in [4.78, 5) is 27.3. The lowest BCUT2D eigenvalue weighted by Crippen LogP contribution is -2.44. The lowest BCUT2D eigenvalue weighted by molar-refractivity contribution is -0.160. The van der Waals surface area contributed by atoms with E-state index >= 15 is 0 Å². The van der Waals surface area contributed by atoms with Gasteiger partial charge in [0.05, 0.1) is 12.5 Å². The summed E-state index contributed by atoms with van der Waals surface area (Å²) in [5, 5.41) is 0. The van der Waals surface area contributed by atoms with Crippen LogP contribution < -0.4 is 0 Å². The number of carbonyl (C=O) groups is 2. The van der Waals surface area contributed by atoms with Gasteiger partial charge in [-0.3, -0.25) is 9.59 Å². The monoisotopic (exact) mass is 368 g/mol. The molecule has 0 spiro atoms. The van der Waals surface area contributed by atoms with E-state index in [1.807, 2.05) is 0 Å². The van der Waals surface area contributed by atoms with Gasteiger partial charge >= 0.3 is 5.97 Å². The van der Waals surface area contributed by atoms with Gasteiger partial charge in [-0.15, -0.1) is 0 Å². The number of methoxy groups -OCH3 is 1. The van der Waals surface area contributed by atoms with E-state index in [2.05, 4.69) is 20.8 Å². The van der Waals surface area contributed by atoms with Crippen LogP contribution in [0.15, 0.2) is 0 Å². The highest BCUT2D eigenvalue weighted by molar-refractivity contribution is 5.95. The first kappa shape index (κ1) is 16.0. The second kappa shape index (κ2) is 4.19. The van der Waals surface area contributed by atoms with Crippen molar-refractivity contribution in [1.29, 1.82) is 0 Å². The van der Waals surface area contributed by atoms with Gasteiger partial charge in [-0.05, 0) is 91.8 Å². The molecule has 7 rings (SSSR count). The van der Waals surface area contributed by atoms with Crippen molar-refractivity contribution >= 4 is 11.8 Å². The van der Waals surface area contributed by atoms with Gasteiger partial charge in [0, 0.05) is 10.8 Å². The van der Waals surface area contributed by atoms with E-state index in [-0.39, 0.29) is 22.2 Å². The summed E-state index contributed by atoms with van der Waals surface area (Å²) in [6, 6.07) is 0. The smallest absolute Gasteiger partial charge is 0.312 e. The molecule has 27 heavy (non-hydrogen) atoms. The molecule has 0 aliphatic heterocycles. The van der Waals surface area contributed by atoms with Crippen molar-refractivity contribution in [2.75, 3.05) is 7.11 Å². The molecule has 0 heterocycles. The van der Waals surface area contributed by atoms with Crippen molar-refractivity contribution in [3.05, 3.63) is 0 Å². The Labute approximate surface area is 162 Å². The highest BCUT2D eigenvalue weighted by atomic mass is 16.5. The van der Waals surface area contributed by atoms with Gasteiger partial charge < -0.3 is 4.74 Å². The molecule has 7 saturated carbocycles. The maximum absolute atomic E-state index is 14.0. The third-order valence-electron chi connectivity index (χ3n) is 12.1. The number of esters is 1. The Hall–Kier alpha value is -0.860. The number of hydrogen-bond acceptors (Lipinski definition) is 3. The Morgan fingerprint density at radius 1 is 0.889 bits per heavy atom. The Bertz CT molecular complexity index is 791. The molecule has 0 bridgehead atoms. The molecule has 0 amide bonds. The van der Waals surface area contributed by atoms with Gasteiger partial charge in [-0.1, -0.05) is 20.3 Å². The van der Waals surface area contributed by atoms with E-state index in [0.29, 0.717) is 65.0 Å². The van der Waals surface area contributed by atoms with Crippen molar-refractivity contribution < 1.29 is 14.3 Å². The SMILES string of the molecule is COC(=O)[C@]1(C)C2C3CCCC3C3C2C2C4C5C(CC[C@@]5(C)C(=O)C34C)C21. The molecule has 7 aliphatic carbocycles. The maximum Gasteiger partial charge on any atom is 0.312 e. The molecule has 0 aromatic carbocycles. The van der Waals surface area contributed by atoms with Crippen molar-refractivity contribution in [3.8, 4) is 0 Å². The van der Waals surface area contributed by atoms with Crippen LogP contribution in [0.25, 0.3) is 0 Å². The molecule has 0 N–H and O–H groups in total. The van der Waals surface area contributed by atoms with Gasteiger partial charge in [0.25, 0.3) is 0 Å². The molecule has 0 radical (unpaired) electrons. The van der Waals surface area contributed by atoms with E-state index in [0.717, 1.165) is 12.8 Å². The highest BCUT2D eigenvalue weighted by Gasteiger charge is 2.89.